The zero-order valence-corrected chi connectivity index (χ0v) is 12.5. The molecule has 0 spiro atoms. The molecule has 0 aromatic heterocycles. The van der Waals surface area contributed by atoms with Gasteiger partial charge in [0.25, 0.3) is 0 Å². The van der Waals surface area contributed by atoms with Crippen LogP contribution in [0.1, 0.15) is 25.0 Å². The van der Waals surface area contributed by atoms with Gasteiger partial charge in [-0.05, 0) is 55.7 Å². The molecule has 2 aromatic carbocycles. The predicted octanol–water partition coefficient (Wildman–Crippen LogP) is 3.71. The second-order valence-corrected chi connectivity index (χ2v) is 4.94. The lowest BCUT2D eigenvalue weighted by Gasteiger charge is -2.15. The molecule has 0 aliphatic heterocycles. The van der Waals surface area contributed by atoms with Crippen LogP contribution in [0.5, 0.6) is 0 Å². The van der Waals surface area contributed by atoms with Crippen LogP contribution in [0.4, 0.5) is 11.4 Å². The zero-order chi connectivity index (χ0) is 15.2. The predicted molar refractivity (Wildman–Crippen MR) is 85.3 cm³/mol. The smallest absolute Gasteiger partial charge is 0.0634 e. The van der Waals surface area contributed by atoms with Gasteiger partial charge in [0.15, 0.2) is 0 Å². The van der Waals surface area contributed by atoms with Crippen LogP contribution in [-0.4, -0.2) is 23.5 Å². The summed E-state index contributed by atoms with van der Waals surface area (Å²) in [6.07, 6.45) is 0.829. The van der Waals surface area contributed by atoms with E-state index in [1.807, 2.05) is 62.4 Å². The van der Waals surface area contributed by atoms with Crippen LogP contribution in [-0.2, 0) is 6.42 Å². The molecule has 0 bridgehead atoms. The summed E-state index contributed by atoms with van der Waals surface area (Å²) in [7, 11) is 0. The van der Waals surface area contributed by atoms with Crippen LogP contribution in [0.25, 0.3) is 0 Å². The standard InChI is InChI=1S/C17H22N2O2/c1-3-18(20)16-9-5-14(6-10-16)13-15-7-11-17(12-8-15)19(21)4-2/h5-12,20-21H,3-4,13H2,1-2H3. The summed E-state index contributed by atoms with van der Waals surface area (Å²) in [5.41, 5.74) is 3.98. The summed E-state index contributed by atoms with van der Waals surface area (Å²) in [4.78, 5) is 0. The Morgan fingerprint density at radius 3 is 1.29 bits per heavy atom. The summed E-state index contributed by atoms with van der Waals surface area (Å²) in [6, 6.07) is 15.7. The molecule has 2 N–H and O–H groups in total. The van der Waals surface area contributed by atoms with Crippen LogP contribution in [0.15, 0.2) is 48.5 Å². The molecule has 0 amide bonds. The Balaban J connectivity index is 2.04. The van der Waals surface area contributed by atoms with Gasteiger partial charge in [0.2, 0.25) is 0 Å². The van der Waals surface area contributed by atoms with Gasteiger partial charge in [-0.1, -0.05) is 24.3 Å². The number of anilines is 2. The van der Waals surface area contributed by atoms with E-state index in [0.717, 1.165) is 17.8 Å². The van der Waals surface area contributed by atoms with Crippen molar-refractivity contribution in [1.29, 1.82) is 0 Å². The molecule has 2 rings (SSSR count). The third-order valence-corrected chi connectivity index (χ3v) is 3.48. The number of nitrogens with zero attached hydrogens (tertiary/aromatic N) is 2. The second-order valence-electron chi connectivity index (χ2n) is 4.94. The van der Waals surface area contributed by atoms with E-state index in [0.29, 0.717) is 13.1 Å². The number of benzene rings is 2. The molecule has 0 heterocycles. The minimum atomic E-state index is 0.565. The Morgan fingerprint density at radius 1 is 0.667 bits per heavy atom. The molecule has 0 radical (unpaired) electrons. The normalized spacial score (nSPS) is 10.5. The van der Waals surface area contributed by atoms with Gasteiger partial charge in [-0.3, -0.25) is 20.5 Å². The average Bonchev–Trinajstić information content (AvgIpc) is 2.55. The quantitative estimate of drug-likeness (QED) is 0.795. The highest BCUT2D eigenvalue weighted by Gasteiger charge is 2.03. The van der Waals surface area contributed by atoms with E-state index >= 15 is 0 Å². The van der Waals surface area contributed by atoms with Crippen molar-refractivity contribution in [2.75, 3.05) is 23.2 Å². The third kappa shape index (κ3) is 3.97. The molecule has 4 nitrogen and oxygen atoms in total. The van der Waals surface area contributed by atoms with E-state index in [-0.39, 0.29) is 0 Å². The lowest BCUT2D eigenvalue weighted by molar-refractivity contribution is 0.260. The maximum atomic E-state index is 9.62. The van der Waals surface area contributed by atoms with Crippen LogP contribution in [0.2, 0.25) is 0 Å². The van der Waals surface area contributed by atoms with Gasteiger partial charge in [-0.25, -0.2) is 0 Å². The Kier molecular flexibility index (Phi) is 5.20. The first-order chi connectivity index (χ1) is 10.1. The number of hydrogen-bond acceptors (Lipinski definition) is 4. The summed E-state index contributed by atoms with van der Waals surface area (Å²) < 4.78 is 0. The Bertz CT molecular complexity index is 501. The fraction of sp³-hybridized carbons (Fsp3) is 0.294. The van der Waals surface area contributed by atoms with Crippen molar-refractivity contribution in [3.05, 3.63) is 59.7 Å². The lowest BCUT2D eigenvalue weighted by Crippen LogP contribution is -2.16. The number of rotatable bonds is 6. The number of hydrogen-bond donors (Lipinski definition) is 2. The van der Waals surface area contributed by atoms with Crippen molar-refractivity contribution in [3.8, 4) is 0 Å². The van der Waals surface area contributed by atoms with Gasteiger partial charge >= 0.3 is 0 Å². The Labute approximate surface area is 125 Å². The van der Waals surface area contributed by atoms with Crippen molar-refractivity contribution in [3.63, 3.8) is 0 Å². The highest BCUT2D eigenvalue weighted by molar-refractivity contribution is 5.47. The third-order valence-electron chi connectivity index (χ3n) is 3.48. The van der Waals surface area contributed by atoms with Crippen molar-refractivity contribution < 1.29 is 10.4 Å². The van der Waals surface area contributed by atoms with E-state index in [9.17, 15) is 10.4 Å². The van der Waals surface area contributed by atoms with E-state index in [2.05, 4.69) is 0 Å². The first-order valence-corrected chi connectivity index (χ1v) is 7.24. The topological polar surface area (TPSA) is 46.9 Å². The SMILES string of the molecule is CCN(O)c1ccc(Cc2ccc(N(O)CC)cc2)cc1. The van der Waals surface area contributed by atoms with Crippen LogP contribution in [0.3, 0.4) is 0 Å². The molecule has 0 saturated carbocycles. The minimum Gasteiger partial charge on any atom is -0.288 e. The fourth-order valence-corrected chi connectivity index (χ4v) is 2.17. The lowest BCUT2D eigenvalue weighted by atomic mass is 10.0. The monoisotopic (exact) mass is 286 g/mol. The highest BCUT2D eigenvalue weighted by atomic mass is 16.5. The van der Waals surface area contributed by atoms with Gasteiger partial charge < -0.3 is 0 Å². The zero-order valence-electron chi connectivity index (χ0n) is 12.5. The molecule has 0 aliphatic rings. The number of hydroxylamine groups is 2. The van der Waals surface area contributed by atoms with E-state index in [1.165, 1.54) is 21.3 Å². The Morgan fingerprint density at radius 2 is 1.00 bits per heavy atom. The molecular weight excluding hydrogens is 264 g/mol. The van der Waals surface area contributed by atoms with Crippen LogP contribution >= 0.6 is 0 Å². The molecule has 112 valence electrons. The van der Waals surface area contributed by atoms with E-state index in [1.54, 1.807) is 0 Å². The largest absolute Gasteiger partial charge is 0.288 e. The molecule has 0 aliphatic carbocycles. The van der Waals surface area contributed by atoms with Crippen molar-refractivity contribution >= 4 is 11.4 Å². The average molecular weight is 286 g/mol. The maximum Gasteiger partial charge on any atom is 0.0634 e. The second kappa shape index (κ2) is 7.11. The molecular formula is C17H22N2O2. The van der Waals surface area contributed by atoms with Crippen LogP contribution < -0.4 is 10.1 Å². The first-order valence-electron chi connectivity index (χ1n) is 7.24. The van der Waals surface area contributed by atoms with Gasteiger partial charge in [-0.15, -0.1) is 0 Å². The van der Waals surface area contributed by atoms with Gasteiger partial charge in [-0.2, -0.15) is 0 Å². The molecule has 0 atom stereocenters. The minimum absolute atomic E-state index is 0.565. The van der Waals surface area contributed by atoms with E-state index < -0.39 is 0 Å². The molecule has 4 heteroatoms. The van der Waals surface area contributed by atoms with Gasteiger partial charge in [0.05, 0.1) is 11.4 Å². The summed E-state index contributed by atoms with van der Waals surface area (Å²) in [6.45, 7) is 4.93. The molecule has 0 unspecified atom stereocenters. The molecule has 21 heavy (non-hydrogen) atoms. The van der Waals surface area contributed by atoms with Crippen molar-refractivity contribution in [2.24, 2.45) is 0 Å². The summed E-state index contributed by atoms with van der Waals surface area (Å²) in [5.74, 6) is 0. The Hall–Kier alpha value is -2.04. The molecule has 0 saturated heterocycles. The summed E-state index contributed by atoms with van der Waals surface area (Å²) >= 11 is 0. The first kappa shape index (κ1) is 15.4. The van der Waals surface area contributed by atoms with E-state index in [4.69, 9.17) is 0 Å². The van der Waals surface area contributed by atoms with Crippen LogP contribution in [0, 0.1) is 0 Å². The molecule has 0 fully saturated rings. The van der Waals surface area contributed by atoms with Crippen molar-refractivity contribution in [1.82, 2.24) is 0 Å². The molecule has 2 aromatic rings. The highest BCUT2D eigenvalue weighted by Crippen LogP contribution is 2.18. The summed E-state index contributed by atoms with van der Waals surface area (Å²) in [5, 5.41) is 21.7. The van der Waals surface area contributed by atoms with Gasteiger partial charge in [0, 0.05) is 13.1 Å². The van der Waals surface area contributed by atoms with Gasteiger partial charge in [0.1, 0.15) is 0 Å². The fourth-order valence-electron chi connectivity index (χ4n) is 2.17. The maximum absolute atomic E-state index is 9.62. The van der Waals surface area contributed by atoms with Crippen molar-refractivity contribution in [2.45, 2.75) is 20.3 Å².